The second-order valence-electron chi connectivity index (χ2n) is 7.59. The van der Waals surface area contributed by atoms with Gasteiger partial charge in [-0.2, -0.15) is 11.8 Å². The van der Waals surface area contributed by atoms with E-state index in [9.17, 15) is 0 Å². The van der Waals surface area contributed by atoms with Gasteiger partial charge in [-0.3, -0.25) is 9.89 Å². The van der Waals surface area contributed by atoms with E-state index in [1.54, 1.807) is 0 Å². The summed E-state index contributed by atoms with van der Waals surface area (Å²) in [5, 5.41) is 7.86. The second-order valence-corrected chi connectivity index (χ2v) is 8.73. The summed E-state index contributed by atoms with van der Waals surface area (Å²) in [5.74, 6) is 0.925. The number of hydrogen-bond acceptors (Lipinski definition) is 3. The molecule has 1 aromatic rings. The maximum Gasteiger partial charge on any atom is 0.191 e. The molecule has 4 nitrogen and oxygen atoms in total. The van der Waals surface area contributed by atoms with Gasteiger partial charge in [0.05, 0.1) is 0 Å². The fraction of sp³-hybridized carbons (Fsp3) is 0.667. The van der Waals surface area contributed by atoms with Crippen LogP contribution in [0.5, 0.6) is 0 Å². The van der Waals surface area contributed by atoms with Crippen molar-refractivity contribution in [3.8, 4) is 0 Å². The lowest BCUT2D eigenvalue weighted by molar-refractivity contribution is 0.221. The summed E-state index contributed by atoms with van der Waals surface area (Å²) in [7, 11) is 1.86. The monoisotopic (exact) mass is 374 g/mol. The number of aliphatic imine (C=N–C) groups is 1. The van der Waals surface area contributed by atoms with E-state index in [1.807, 2.05) is 18.8 Å². The van der Waals surface area contributed by atoms with Crippen LogP contribution in [0.1, 0.15) is 49.7 Å². The van der Waals surface area contributed by atoms with Crippen molar-refractivity contribution >= 4 is 17.7 Å². The third-order valence-corrected chi connectivity index (χ3v) is 6.71. The molecule has 1 aliphatic carbocycles. The molecule has 0 amide bonds. The van der Waals surface area contributed by atoms with Crippen LogP contribution in [0.25, 0.3) is 0 Å². The van der Waals surface area contributed by atoms with Crippen molar-refractivity contribution < 1.29 is 0 Å². The van der Waals surface area contributed by atoms with Crippen LogP contribution in [-0.4, -0.2) is 48.5 Å². The first-order valence-corrected chi connectivity index (χ1v) is 11.4. The Morgan fingerprint density at radius 2 is 1.85 bits per heavy atom. The van der Waals surface area contributed by atoms with Crippen LogP contribution in [0.3, 0.4) is 0 Å². The molecule has 0 radical (unpaired) electrons. The highest BCUT2D eigenvalue weighted by Crippen LogP contribution is 2.28. The number of benzene rings is 1. The van der Waals surface area contributed by atoms with Crippen molar-refractivity contribution in [1.29, 1.82) is 0 Å². The van der Waals surface area contributed by atoms with Gasteiger partial charge in [0.2, 0.25) is 0 Å². The summed E-state index contributed by atoms with van der Waals surface area (Å²) in [6, 6.07) is 9.62. The average molecular weight is 375 g/mol. The van der Waals surface area contributed by atoms with Crippen LogP contribution in [0.2, 0.25) is 0 Å². The molecule has 1 saturated carbocycles. The van der Waals surface area contributed by atoms with Crippen LogP contribution < -0.4 is 10.6 Å². The highest BCUT2D eigenvalue weighted by Gasteiger charge is 2.24. The molecule has 2 N–H and O–H groups in total. The van der Waals surface area contributed by atoms with E-state index in [1.165, 1.54) is 62.7 Å². The summed E-state index contributed by atoms with van der Waals surface area (Å²) >= 11 is 1.99. The number of thioether (sulfide) groups is 1. The zero-order valence-electron chi connectivity index (χ0n) is 16.3. The molecule has 1 aromatic carbocycles. The van der Waals surface area contributed by atoms with Gasteiger partial charge in [0, 0.05) is 31.4 Å². The maximum atomic E-state index is 4.39. The van der Waals surface area contributed by atoms with Gasteiger partial charge in [-0.25, -0.2) is 0 Å². The average Bonchev–Trinajstić information content (AvgIpc) is 3.15. The van der Waals surface area contributed by atoms with Gasteiger partial charge in [0.15, 0.2) is 5.96 Å². The van der Waals surface area contributed by atoms with Gasteiger partial charge in [-0.05, 0) is 62.6 Å². The molecule has 0 spiro atoms. The lowest BCUT2D eigenvalue weighted by Crippen LogP contribution is -2.42. The van der Waals surface area contributed by atoms with E-state index < -0.39 is 0 Å². The second kappa shape index (κ2) is 10.2. The number of guanidine groups is 1. The third kappa shape index (κ3) is 5.92. The summed E-state index contributed by atoms with van der Waals surface area (Å²) in [4.78, 5) is 6.97. The molecule has 2 unspecified atom stereocenters. The number of likely N-dealkylation sites (tertiary alicyclic amines) is 1. The standard InChI is InChI=1S/C21H34N4S/c1-22-21(24-19-10-11-20(14-19)26-2)23-15-17-6-8-18(9-7-17)16-25-12-4-3-5-13-25/h6-9,19-20H,3-5,10-16H2,1-2H3,(H2,22,23,24). The first kappa shape index (κ1) is 19.6. The van der Waals surface area contributed by atoms with Crippen molar-refractivity contribution in [3.63, 3.8) is 0 Å². The van der Waals surface area contributed by atoms with Gasteiger partial charge in [-0.1, -0.05) is 30.7 Å². The Hall–Kier alpha value is -1.20. The number of piperidine rings is 1. The molecule has 3 rings (SSSR count). The SMILES string of the molecule is CN=C(NCc1ccc(CN2CCCCC2)cc1)NC1CCC(SC)C1. The van der Waals surface area contributed by atoms with Crippen molar-refractivity contribution in [1.82, 2.24) is 15.5 Å². The molecular formula is C21H34N4S. The predicted molar refractivity (Wildman–Crippen MR) is 114 cm³/mol. The van der Waals surface area contributed by atoms with Gasteiger partial charge in [0.1, 0.15) is 0 Å². The Bertz CT molecular complexity index is 566. The minimum absolute atomic E-state index is 0.561. The largest absolute Gasteiger partial charge is 0.354 e. The topological polar surface area (TPSA) is 39.7 Å². The molecule has 2 atom stereocenters. The van der Waals surface area contributed by atoms with E-state index in [4.69, 9.17) is 0 Å². The molecule has 2 aliphatic rings. The Kier molecular flexibility index (Phi) is 7.69. The number of nitrogens with zero attached hydrogens (tertiary/aromatic N) is 2. The number of rotatable bonds is 6. The summed E-state index contributed by atoms with van der Waals surface area (Å²) < 4.78 is 0. The molecule has 1 aliphatic heterocycles. The number of hydrogen-bond donors (Lipinski definition) is 2. The van der Waals surface area contributed by atoms with Crippen molar-refractivity contribution in [2.45, 2.75) is 62.9 Å². The van der Waals surface area contributed by atoms with E-state index in [2.05, 4.69) is 51.0 Å². The fourth-order valence-electron chi connectivity index (χ4n) is 4.00. The zero-order valence-corrected chi connectivity index (χ0v) is 17.2. The predicted octanol–water partition coefficient (Wildman–Crippen LogP) is 3.62. The molecule has 2 fully saturated rings. The molecule has 0 aromatic heterocycles. The molecule has 5 heteroatoms. The van der Waals surface area contributed by atoms with Crippen molar-refractivity contribution in [2.75, 3.05) is 26.4 Å². The van der Waals surface area contributed by atoms with Crippen LogP contribution >= 0.6 is 11.8 Å². The van der Waals surface area contributed by atoms with Crippen LogP contribution in [-0.2, 0) is 13.1 Å². The third-order valence-electron chi connectivity index (χ3n) is 5.62. The molecule has 1 saturated heterocycles. The van der Waals surface area contributed by atoms with E-state index >= 15 is 0 Å². The van der Waals surface area contributed by atoms with Gasteiger partial charge >= 0.3 is 0 Å². The van der Waals surface area contributed by atoms with E-state index in [0.717, 1.165) is 24.3 Å². The van der Waals surface area contributed by atoms with Crippen LogP contribution in [0.15, 0.2) is 29.3 Å². The normalized spacial score (nSPS) is 24.6. The highest BCUT2D eigenvalue weighted by atomic mass is 32.2. The van der Waals surface area contributed by atoms with Gasteiger partial charge in [-0.15, -0.1) is 0 Å². The van der Waals surface area contributed by atoms with Gasteiger partial charge < -0.3 is 10.6 Å². The molecule has 26 heavy (non-hydrogen) atoms. The number of nitrogens with one attached hydrogen (secondary N) is 2. The smallest absolute Gasteiger partial charge is 0.191 e. The zero-order chi connectivity index (χ0) is 18.2. The minimum Gasteiger partial charge on any atom is -0.354 e. The summed E-state index contributed by atoms with van der Waals surface area (Å²) in [5.41, 5.74) is 2.73. The first-order chi connectivity index (χ1) is 12.8. The fourth-order valence-corrected chi connectivity index (χ4v) is 4.79. The minimum atomic E-state index is 0.561. The lowest BCUT2D eigenvalue weighted by atomic mass is 10.1. The molecule has 1 heterocycles. The van der Waals surface area contributed by atoms with Crippen LogP contribution in [0.4, 0.5) is 0 Å². The summed E-state index contributed by atoms with van der Waals surface area (Å²) in [6.07, 6.45) is 10.1. The Balaban J connectivity index is 1.43. The molecule has 0 bridgehead atoms. The van der Waals surface area contributed by atoms with Gasteiger partial charge in [0.25, 0.3) is 0 Å². The Morgan fingerprint density at radius 1 is 1.12 bits per heavy atom. The quantitative estimate of drug-likeness (QED) is 0.589. The van der Waals surface area contributed by atoms with E-state index in [0.29, 0.717) is 6.04 Å². The van der Waals surface area contributed by atoms with Crippen LogP contribution in [0, 0.1) is 0 Å². The maximum absolute atomic E-state index is 4.39. The summed E-state index contributed by atoms with van der Waals surface area (Å²) in [6.45, 7) is 4.42. The van der Waals surface area contributed by atoms with Crippen molar-refractivity contribution in [2.24, 2.45) is 4.99 Å². The lowest BCUT2D eigenvalue weighted by Gasteiger charge is -2.26. The Labute approximate surface area is 163 Å². The molecular weight excluding hydrogens is 340 g/mol. The highest BCUT2D eigenvalue weighted by molar-refractivity contribution is 7.99. The van der Waals surface area contributed by atoms with E-state index in [-0.39, 0.29) is 0 Å². The first-order valence-electron chi connectivity index (χ1n) is 10.1. The Morgan fingerprint density at radius 3 is 2.50 bits per heavy atom. The molecule has 144 valence electrons. The van der Waals surface area contributed by atoms with Crippen molar-refractivity contribution in [3.05, 3.63) is 35.4 Å².